The highest BCUT2D eigenvalue weighted by Gasteiger charge is 2.13. The average Bonchev–Trinajstić information content (AvgIpc) is 3.34. The number of hydrogen-bond acceptors (Lipinski definition) is 3. The molecule has 38 heavy (non-hydrogen) atoms. The highest BCUT2D eigenvalue weighted by molar-refractivity contribution is 6.23. The predicted octanol–water partition coefficient (Wildman–Crippen LogP) is 9.48. The first-order valence-corrected chi connectivity index (χ1v) is 12.8. The van der Waals surface area contributed by atoms with Gasteiger partial charge in [-0.05, 0) is 76.3 Å². The maximum absolute atomic E-state index is 6.09. The first kappa shape index (κ1) is 21.1. The standard InChI is InChI=1S/C35H22N2O/c1-21-9-13-32-30(17-21)31-20-25(11-14-33(31)38-32)23-6-4-5-22(18-23)24-10-12-28-29(19-24)26-7-2-3-8-27(26)34-35(28)37-16-15-36-34/h2-20H,1H3. The van der Waals surface area contributed by atoms with E-state index in [9.17, 15) is 0 Å². The van der Waals surface area contributed by atoms with Crippen LogP contribution in [-0.4, -0.2) is 9.97 Å². The van der Waals surface area contributed by atoms with Crippen LogP contribution in [0.1, 0.15) is 5.56 Å². The van der Waals surface area contributed by atoms with E-state index < -0.39 is 0 Å². The topological polar surface area (TPSA) is 38.9 Å². The Hall–Kier alpha value is -5.02. The maximum Gasteiger partial charge on any atom is 0.135 e. The summed E-state index contributed by atoms with van der Waals surface area (Å²) >= 11 is 0. The summed E-state index contributed by atoms with van der Waals surface area (Å²) in [7, 11) is 0. The minimum Gasteiger partial charge on any atom is -0.456 e. The summed E-state index contributed by atoms with van der Waals surface area (Å²) in [5.74, 6) is 0. The zero-order valence-electron chi connectivity index (χ0n) is 20.8. The smallest absolute Gasteiger partial charge is 0.135 e. The zero-order valence-corrected chi connectivity index (χ0v) is 20.8. The molecule has 0 aliphatic rings. The van der Waals surface area contributed by atoms with Crippen LogP contribution >= 0.6 is 0 Å². The van der Waals surface area contributed by atoms with Crippen LogP contribution in [-0.2, 0) is 0 Å². The summed E-state index contributed by atoms with van der Waals surface area (Å²) in [6.45, 7) is 2.12. The molecule has 0 amide bonds. The molecule has 0 N–H and O–H groups in total. The van der Waals surface area contributed by atoms with E-state index in [1.54, 1.807) is 12.4 Å². The van der Waals surface area contributed by atoms with Crippen molar-refractivity contribution < 1.29 is 4.42 Å². The summed E-state index contributed by atoms with van der Waals surface area (Å²) in [5.41, 5.74) is 9.69. The second-order valence-corrected chi connectivity index (χ2v) is 9.95. The Morgan fingerprint density at radius 3 is 1.79 bits per heavy atom. The van der Waals surface area contributed by atoms with Gasteiger partial charge in [-0.3, -0.25) is 9.97 Å². The van der Waals surface area contributed by atoms with Crippen LogP contribution in [0.25, 0.3) is 76.8 Å². The van der Waals surface area contributed by atoms with Crippen molar-refractivity contribution in [3.8, 4) is 22.3 Å². The molecule has 8 aromatic rings. The van der Waals surface area contributed by atoms with Crippen molar-refractivity contribution in [1.82, 2.24) is 9.97 Å². The van der Waals surface area contributed by atoms with Crippen LogP contribution in [0.4, 0.5) is 0 Å². The van der Waals surface area contributed by atoms with Crippen LogP contribution in [0.5, 0.6) is 0 Å². The predicted molar refractivity (Wildman–Crippen MR) is 157 cm³/mol. The molecule has 0 saturated carbocycles. The third-order valence-electron chi connectivity index (χ3n) is 7.60. The number of nitrogens with zero attached hydrogens (tertiary/aromatic N) is 2. The Kier molecular flexibility index (Phi) is 4.44. The van der Waals surface area contributed by atoms with E-state index >= 15 is 0 Å². The first-order chi connectivity index (χ1) is 18.7. The van der Waals surface area contributed by atoms with Gasteiger partial charge in [-0.15, -0.1) is 0 Å². The number of aromatic nitrogens is 2. The van der Waals surface area contributed by atoms with E-state index in [1.165, 1.54) is 38.6 Å². The molecule has 0 aliphatic carbocycles. The molecule has 3 heteroatoms. The third kappa shape index (κ3) is 3.15. The Morgan fingerprint density at radius 1 is 0.447 bits per heavy atom. The number of hydrogen-bond donors (Lipinski definition) is 0. The second-order valence-electron chi connectivity index (χ2n) is 9.95. The van der Waals surface area contributed by atoms with Crippen molar-refractivity contribution in [3.63, 3.8) is 0 Å². The third-order valence-corrected chi connectivity index (χ3v) is 7.60. The maximum atomic E-state index is 6.09. The van der Waals surface area contributed by atoms with Gasteiger partial charge >= 0.3 is 0 Å². The van der Waals surface area contributed by atoms with Gasteiger partial charge in [-0.2, -0.15) is 0 Å². The van der Waals surface area contributed by atoms with Gasteiger partial charge < -0.3 is 4.42 Å². The van der Waals surface area contributed by atoms with E-state index in [2.05, 4.69) is 115 Å². The number of furan rings is 1. The quantitative estimate of drug-likeness (QED) is 0.228. The molecule has 0 atom stereocenters. The van der Waals surface area contributed by atoms with E-state index in [4.69, 9.17) is 9.40 Å². The van der Waals surface area contributed by atoms with Gasteiger partial charge in [0.15, 0.2) is 0 Å². The highest BCUT2D eigenvalue weighted by atomic mass is 16.3. The minimum atomic E-state index is 0.919. The monoisotopic (exact) mass is 486 g/mol. The second kappa shape index (κ2) is 7.99. The van der Waals surface area contributed by atoms with Crippen LogP contribution in [0, 0.1) is 6.92 Å². The summed E-state index contributed by atoms with van der Waals surface area (Å²) in [6, 6.07) is 36.8. The molecular formula is C35H22N2O. The highest BCUT2D eigenvalue weighted by Crippen LogP contribution is 2.37. The van der Waals surface area contributed by atoms with E-state index in [1.807, 2.05) is 0 Å². The Morgan fingerprint density at radius 2 is 1.03 bits per heavy atom. The van der Waals surface area contributed by atoms with Gasteiger partial charge in [-0.1, -0.05) is 72.3 Å². The molecule has 0 unspecified atom stereocenters. The fourth-order valence-corrected chi connectivity index (χ4v) is 5.76. The van der Waals surface area contributed by atoms with Gasteiger partial charge in [0, 0.05) is 33.9 Å². The van der Waals surface area contributed by atoms with E-state index in [0.29, 0.717) is 0 Å². The fourth-order valence-electron chi connectivity index (χ4n) is 5.76. The lowest BCUT2D eigenvalue weighted by atomic mass is 9.94. The molecule has 2 heterocycles. The Balaban J connectivity index is 1.30. The summed E-state index contributed by atoms with van der Waals surface area (Å²) in [6.07, 6.45) is 3.54. The van der Waals surface area contributed by atoms with Crippen LogP contribution in [0.3, 0.4) is 0 Å². The molecule has 0 radical (unpaired) electrons. The molecule has 0 bridgehead atoms. The number of aryl methyl sites for hydroxylation is 1. The van der Waals surface area contributed by atoms with Gasteiger partial charge in [0.25, 0.3) is 0 Å². The van der Waals surface area contributed by atoms with Crippen molar-refractivity contribution in [2.45, 2.75) is 6.92 Å². The molecular weight excluding hydrogens is 464 g/mol. The average molecular weight is 487 g/mol. The van der Waals surface area contributed by atoms with Gasteiger partial charge in [0.1, 0.15) is 11.2 Å². The Bertz CT molecular complexity index is 2170. The van der Waals surface area contributed by atoms with Crippen LogP contribution in [0.2, 0.25) is 0 Å². The SMILES string of the molecule is Cc1ccc2oc3ccc(-c4cccc(-c5ccc6c(c5)c5ccccc5c5nccnc65)c4)cc3c2c1. The molecule has 0 saturated heterocycles. The molecule has 0 fully saturated rings. The van der Waals surface area contributed by atoms with Crippen molar-refractivity contribution in [3.05, 3.63) is 121 Å². The molecule has 0 spiro atoms. The molecule has 0 aliphatic heterocycles. The number of fused-ring (bicyclic) bond motifs is 9. The lowest BCUT2D eigenvalue weighted by molar-refractivity contribution is 0.669. The van der Waals surface area contributed by atoms with Crippen molar-refractivity contribution in [2.75, 3.05) is 0 Å². The van der Waals surface area contributed by atoms with E-state index in [-0.39, 0.29) is 0 Å². The van der Waals surface area contributed by atoms with Crippen LogP contribution < -0.4 is 0 Å². The van der Waals surface area contributed by atoms with Crippen molar-refractivity contribution >= 4 is 54.5 Å². The minimum absolute atomic E-state index is 0.919. The van der Waals surface area contributed by atoms with E-state index in [0.717, 1.165) is 43.7 Å². The molecule has 178 valence electrons. The van der Waals surface area contributed by atoms with Crippen LogP contribution in [0.15, 0.2) is 120 Å². The molecule has 8 rings (SSSR count). The normalized spacial score (nSPS) is 11.8. The number of rotatable bonds is 2. The molecule has 3 nitrogen and oxygen atoms in total. The fraction of sp³-hybridized carbons (Fsp3) is 0.0286. The molecule has 6 aromatic carbocycles. The first-order valence-electron chi connectivity index (χ1n) is 12.8. The largest absolute Gasteiger partial charge is 0.456 e. The lowest BCUT2D eigenvalue weighted by Crippen LogP contribution is -1.89. The molecule has 2 aromatic heterocycles. The van der Waals surface area contributed by atoms with Crippen molar-refractivity contribution in [2.24, 2.45) is 0 Å². The summed E-state index contributed by atoms with van der Waals surface area (Å²) in [4.78, 5) is 9.35. The zero-order chi connectivity index (χ0) is 25.2. The summed E-state index contributed by atoms with van der Waals surface area (Å²) < 4.78 is 6.09. The lowest BCUT2D eigenvalue weighted by Gasteiger charge is -2.11. The van der Waals surface area contributed by atoms with Gasteiger partial charge in [0.05, 0.1) is 11.0 Å². The number of benzene rings is 6. The Labute approximate surface area is 219 Å². The van der Waals surface area contributed by atoms with Gasteiger partial charge in [-0.25, -0.2) is 0 Å². The van der Waals surface area contributed by atoms with Gasteiger partial charge in [0.2, 0.25) is 0 Å². The van der Waals surface area contributed by atoms with Crippen molar-refractivity contribution in [1.29, 1.82) is 0 Å². The summed E-state index contributed by atoms with van der Waals surface area (Å²) in [5, 5.41) is 6.95.